The van der Waals surface area contributed by atoms with E-state index in [4.69, 9.17) is 19.7 Å². The Bertz CT molecular complexity index is 2730. The van der Waals surface area contributed by atoms with Crippen molar-refractivity contribution in [2.75, 3.05) is 0 Å². The number of halogens is 1. The van der Waals surface area contributed by atoms with Crippen LogP contribution in [0.4, 0.5) is 0 Å². The molecule has 0 aliphatic rings. The Morgan fingerprint density at radius 2 is 1.42 bits per heavy atom. The van der Waals surface area contributed by atoms with Crippen LogP contribution in [0.15, 0.2) is 159 Å². The summed E-state index contributed by atoms with van der Waals surface area (Å²) >= 11 is 3.94. The van der Waals surface area contributed by atoms with E-state index in [1.165, 1.54) is 0 Å². The number of fused-ring (bicyclic) bond motifs is 2. The van der Waals surface area contributed by atoms with Crippen molar-refractivity contribution in [3.8, 4) is 22.7 Å². The Hall–Kier alpha value is -6.39. The molecule has 0 aliphatic heterocycles. The first kappa shape index (κ1) is 34.4. The highest BCUT2D eigenvalue weighted by Crippen LogP contribution is 2.45. The fourth-order valence-electron chi connectivity index (χ4n) is 7.77. The maximum atomic E-state index is 13.0. The minimum atomic E-state index is -0.912. The zero-order valence-electron chi connectivity index (χ0n) is 30.1. The molecule has 0 fully saturated rings. The molecule has 1 N–H and O–H groups in total. The van der Waals surface area contributed by atoms with E-state index in [-0.39, 0.29) is 5.56 Å². The number of rotatable bonds is 11. The summed E-state index contributed by atoms with van der Waals surface area (Å²) in [6.07, 6.45) is 4.48. The first-order chi connectivity index (χ1) is 27.1. The number of furan rings is 1. The van der Waals surface area contributed by atoms with Crippen molar-refractivity contribution in [2.24, 2.45) is 0 Å². The number of aryl methyl sites for hydroxylation is 1. The summed E-state index contributed by atoms with van der Waals surface area (Å²) in [7, 11) is 0. The number of aromatic amines is 1. The number of hydrogen-bond donors (Lipinski definition) is 1. The number of nitrogens with one attached hydrogen (secondary N) is 1. The lowest BCUT2D eigenvalue weighted by atomic mass is 9.77. The third-order valence-electron chi connectivity index (χ3n) is 10.3. The van der Waals surface area contributed by atoms with Gasteiger partial charge in [0.25, 0.3) is 5.56 Å². The summed E-state index contributed by atoms with van der Waals surface area (Å²) in [5, 5.41) is 14.7. The van der Waals surface area contributed by atoms with Crippen molar-refractivity contribution in [3.05, 3.63) is 189 Å². The van der Waals surface area contributed by atoms with Crippen LogP contribution in [0, 0.1) is 0 Å². The monoisotopic (exact) mass is 785 g/mol. The fraction of sp³-hybridized carbons (Fsp3) is 0.133. The number of imidazole rings is 1. The summed E-state index contributed by atoms with van der Waals surface area (Å²) in [5.41, 5.74) is 6.68. The lowest BCUT2D eigenvalue weighted by molar-refractivity contribution is 0.451. The molecule has 0 amide bonds. The topological polar surface area (TPSA) is 107 Å². The van der Waals surface area contributed by atoms with Gasteiger partial charge in [-0.1, -0.05) is 135 Å². The predicted octanol–water partition coefficient (Wildman–Crippen LogP) is 9.78. The number of unbranched alkanes of at least 4 members (excludes halogenated alkanes) is 1. The Morgan fingerprint density at radius 1 is 0.782 bits per heavy atom. The molecular weight excluding hydrogens is 750 g/mol. The van der Waals surface area contributed by atoms with Gasteiger partial charge in [-0.25, -0.2) is 9.67 Å². The third-order valence-corrected chi connectivity index (χ3v) is 11.1. The van der Waals surface area contributed by atoms with Crippen LogP contribution in [0.3, 0.4) is 0 Å². The Labute approximate surface area is 325 Å². The first-order valence-electron chi connectivity index (χ1n) is 18.4. The zero-order chi connectivity index (χ0) is 37.4. The highest BCUT2D eigenvalue weighted by atomic mass is 79.9. The molecule has 9 rings (SSSR count). The van der Waals surface area contributed by atoms with E-state index >= 15 is 0 Å². The molecule has 0 radical (unpaired) electrons. The Kier molecular flexibility index (Phi) is 9.03. The summed E-state index contributed by atoms with van der Waals surface area (Å²) in [6, 6.07) is 47.2. The van der Waals surface area contributed by atoms with Crippen molar-refractivity contribution < 1.29 is 4.42 Å². The highest BCUT2D eigenvalue weighted by molar-refractivity contribution is 9.10. The number of nitrogens with zero attached hydrogens (tertiary/aromatic N) is 6. The maximum Gasteiger partial charge on any atom is 0.274 e. The lowest BCUT2D eigenvalue weighted by Crippen LogP contribution is -2.39. The van der Waals surface area contributed by atoms with E-state index in [0.717, 1.165) is 73.9 Å². The molecule has 0 aliphatic carbocycles. The average molecular weight is 787 g/mol. The minimum absolute atomic E-state index is 0.143. The van der Waals surface area contributed by atoms with Crippen molar-refractivity contribution in [1.82, 2.24) is 34.7 Å². The Balaban J connectivity index is 1.19. The highest BCUT2D eigenvalue weighted by Gasteiger charge is 2.42. The number of benzene rings is 5. The smallest absolute Gasteiger partial charge is 0.274 e. The molecule has 0 saturated heterocycles. The van der Waals surface area contributed by atoms with Gasteiger partial charge in [0.05, 0.1) is 9.99 Å². The van der Waals surface area contributed by atoms with Crippen LogP contribution in [0.2, 0.25) is 0 Å². The van der Waals surface area contributed by atoms with Gasteiger partial charge in [0, 0.05) is 35.7 Å². The van der Waals surface area contributed by atoms with Crippen LogP contribution in [0.25, 0.3) is 44.7 Å². The van der Waals surface area contributed by atoms with E-state index in [0.29, 0.717) is 29.2 Å². The molecule has 0 atom stereocenters. The number of H-pyrrole nitrogens is 1. The van der Waals surface area contributed by atoms with Crippen LogP contribution in [-0.4, -0.2) is 34.7 Å². The second kappa shape index (κ2) is 14.4. The van der Waals surface area contributed by atoms with Crippen molar-refractivity contribution in [3.63, 3.8) is 0 Å². The van der Waals surface area contributed by atoms with Gasteiger partial charge in [0.2, 0.25) is 0 Å². The first-order valence-corrected chi connectivity index (χ1v) is 19.2. The molecule has 0 saturated carbocycles. The van der Waals surface area contributed by atoms with Gasteiger partial charge >= 0.3 is 0 Å². The summed E-state index contributed by atoms with van der Waals surface area (Å²) in [6.45, 7) is 2.66. The van der Waals surface area contributed by atoms with Crippen LogP contribution >= 0.6 is 15.9 Å². The molecule has 270 valence electrons. The van der Waals surface area contributed by atoms with Crippen molar-refractivity contribution in [1.29, 1.82) is 0 Å². The van der Waals surface area contributed by atoms with Gasteiger partial charge in [-0.05, 0) is 73.2 Å². The largest absolute Gasteiger partial charge is 0.455 e. The van der Waals surface area contributed by atoms with E-state index in [1.54, 1.807) is 6.20 Å². The zero-order valence-corrected chi connectivity index (χ0v) is 31.6. The summed E-state index contributed by atoms with van der Waals surface area (Å²) in [4.78, 5) is 20.7. The minimum Gasteiger partial charge on any atom is -0.455 e. The molecule has 4 aromatic heterocycles. The molecule has 10 heteroatoms. The van der Waals surface area contributed by atoms with Gasteiger partial charge in [-0.3, -0.25) is 4.79 Å². The normalized spacial score (nSPS) is 11.8. The van der Waals surface area contributed by atoms with Gasteiger partial charge in [-0.2, -0.15) is 0 Å². The van der Waals surface area contributed by atoms with Gasteiger partial charge in [0.1, 0.15) is 28.2 Å². The molecule has 4 heterocycles. The maximum absolute atomic E-state index is 13.0. The van der Waals surface area contributed by atoms with Gasteiger partial charge in [0.15, 0.2) is 5.82 Å². The molecular formula is C45H36BrN7O2. The fourth-order valence-corrected chi connectivity index (χ4v) is 8.37. The van der Waals surface area contributed by atoms with Crippen LogP contribution in [0.1, 0.15) is 47.8 Å². The third kappa shape index (κ3) is 5.90. The van der Waals surface area contributed by atoms with Gasteiger partial charge in [-0.15, -0.1) is 5.10 Å². The summed E-state index contributed by atoms with van der Waals surface area (Å²) < 4.78 is 11.5. The van der Waals surface area contributed by atoms with E-state index < -0.39 is 5.54 Å². The summed E-state index contributed by atoms with van der Waals surface area (Å²) in [5.74, 6) is 2.15. The van der Waals surface area contributed by atoms with Crippen LogP contribution < -0.4 is 5.56 Å². The number of tetrazole rings is 1. The molecule has 9 aromatic rings. The molecule has 9 nitrogen and oxygen atoms in total. The molecule has 0 bridgehead atoms. The number of hydrogen-bond acceptors (Lipinski definition) is 6. The molecule has 5 aromatic carbocycles. The molecule has 55 heavy (non-hydrogen) atoms. The SMILES string of the molecule is CCCCc1nc2cc[nH]c(=O)c2n1Cc1ccc2oc(-c3ccccc3-c3nnnn3C(c3ccccc3)(c3ccccc3)c3ccccc3)c(Br)c2c1. The Morgan fingerprint density at radius 3 is 2.07 bits per heavy atom. The van der Waals surface area contributed by atoms with Crippen LogP contribution in [-0.2, 0) is 18.5 Å². The second-order valence-corrected chi connectivity index (χ2v) is 14.4. The quantitative estimate of drug-likeness (QED) is 0.131. The number of aromatic nitrogens is 7. The standard InChI is InChI=1S/C45H36BrN7O2/c1-2-3-23-39-48-37-26-27-47-44(54)41(37)52(39)29-30-24-25-38-36(28-30)40(46)42(55-38)34-21-13-14-22-35(34)43-49-50-51-53(43)45(31-15-7-4-8-16-31,32-17-9-5-10-18-32)33-19-11-6-12-20-33/h4-22,24-28H,2-3,23,29H2,1H3,(H,47,54). The number of pyridine rings is 1. The lowest BCUT2D eigenvalue weighted by Gasteiger charge is -2.36. The average Bonchev–Trinajstić information content (AvgIpc) is 3.95. The van der Waals surface area contributed by atoms with Crippen LogP contribution in [0.5, 0.6) is 0 Å². The van der Waals surface area contributed by atoms with Gasteiger partial charge < -0.3 is 14.0 Å². The van der Waals surface area contributed by atoms with E-state index in [1.807, 2.05) is 100 Å². The van der Waals surface area contributed by atoms with Crippen molar-refractivity contribution >= 4 is 37.9 Å². The molecule has 0 spiro atoms. The van der Waals surface area contributed by atoms with E-state index in [2.05, 4.69) is 81.6 Å². The van der Waals surface area contributed by atoms with E-state index in [9.17, 15) is 4.79 Å². The predicted molar refractivity (Wildman–Crippen MR) is 219 cm³/mol. The van der Waals surface area contributed by atoms with Crippen molar-refractivity contribution in [2.45, 2.75) is 38.3 Å². The molecule has 0 unspecified atom stereocenters. The second-order valence-electron chi connectivity index (χ2n) is 13.6.